The summed E-state index contributed by atoms with van der Waals surface area (Å²) in [5.74, 6) is 0.638. The van der Waals surface area contributed by atoms with E-state index in [-0.39, 0.29) is 17.6 Å². The Morgan fingerprint density at radius 1 is 1.50 bits per heavy atom. The Labute approximate surface area is 107 Å². The minimum atomic E-state index is -0.341. The number of nitrogens with zero attached hydrogens (tertiary/aromatic N) is 1. The van der Waals surface area contributed by atoms with Crippen LogP contribution in [0, 0.1) is 11.7 Å². The molecule has 1 aliphatic heterocycles. The van der Waals surface area contributed by atoms with Gasteiger partial charge in [0.05, 0.1) is 0 Å². The van der Waals surface area contributed by atoms with Crippen LogP contribution in [0.15, 0.2) is 22.7 Å². The lowest BCUT2D eigenvalue weighted by Gasteiger charge is -2.16. The first-order valence-corrected chi connectivity index (χ1v) is 6.40. The third-order valence-electron chi connectivity index (χ3n) is 2.62. The fourth-order valence-electron chi connectivity index (χ4n) is 1.85. The van der Waals surface area contributed by atoms with Crippen LogP contribution in [0.5, 0.6) is 0 Å². The van der Waals surface area contributed by atoms with Gasteiger partial charge in [0.1, 0.15) is 5.82 Å². The van der Waals surface area contributed by atoms with E-state index in [2.05, 4.69) is 28.6 Å². The molecule has 0 saturated carbocycles. The van der Waals surface area contributed by atoms with E-state index in [9.17, 15) is 9.18 Å². The van der Waals surface area contributed by atoms with Crippen LogP contribution in [0.2, 0.25) is 0 Å². The Hall–Kier alpha value is -0.550. The molecule has 1 aromatic rings. The van der Waals surface area contributed by atoms with Gasteiger partial charge in [0.15, 0.2) is 0 Å². The standard InChI is InChI=1S/C11H11BrFNOS/c12-8-2-9(13)4-10(3-8)14-5-7(6-16)1-11(14)15/h2-4,7,16H,1,5-6H2. The molecule has 1 atom stereocenters. The predicted molar refractivity (Wildman–Crippen MR) is 68.4 cm³/mol. The molecule has 1 amide bonds. The zero-order chi connectivity index (χ0) is 11.7. The minimum Gasteiger partial charge on any atom is -0.312 e. The van der Waals surface area contributed by atoms with E-state index >= 15 is 0 Å². The lowest BCUT2D eigenvalue weighted by atomic mass is 10.1. The van der Waals surface area contributed by atoms with E-state index in [1.165, 1.54) is 12.1 Å². The van der Waals surface area contributed by atoms with Crippen LogP contribution in [0.4, 0.5) is 10.1 Å². The number of carbonyl (C=O) groups is 1. The monoisotopic (exact) mass is 303 g/mol. The van der Waals surface area contributed by atoms with Gasteiger partial charge in [-0.1, -0.05) is 15.9 Å². The van der Waals surface area contributed by atoms with Crippen molar-refractivity contribution < 1.29 is 9.18 Å². The Balaban J connectivity index is 2.27. The molecule has 0 spiro atoms. The lowest BCUT2D eigenvalue weighted by Crippen LogP contribution is -2.24. The third-order valence-corrected chi connectivity index (χ3v) is 3.60. The number of hydrogen-bond acceptors (Lipinski definition) is 2. The van der Waals surface area contributed by atoms with Crippen molar-refractivity contribution in [2.45, 2.75) is 6.42 Å². The normalized spacial score (nSPS) is 20.6. The summed E-state index contributed by atoms with van der Waals surface area (Å²) in [5, 5.41) is 0. The van der Waals surface area contributed by atoms with E-state index in [4.69, 9.17) is 0 Å². The van der Waals surface area contributed by atoms with Crippen molar-refractivity contribution in [1.29, 1.82) is 0 Å². The van der Waals surface area contributed by atoms with Crippen molar-refractivity contribution in [3.05, 3.63) is 28.5 Å². The highest BCUT2D eigenvalue weighted by Crippen LogP contribution is 2.28. The van der Waals surface area contributed by atoms with Crippen LogP contribution in [0.3, 0.4) is 0 Å². The molecular weight excluding hydrogens is 293 g/mol. The van der Waals surface area contributed by atoms with Crippen molar-refractivity contribution in [3.63, 3.8) is 0 Å². The van der Waals surface area contributed by atoms with Crippen LogP contribution >= 0.6 is 28.6 Å². The molecular formula is C11H11BrFNOS. The summed E-state index contributed by atoms with van der Waals surface area (Å²) in [7, 11) is 0. The molecule has 0 radical (unpaired) electrons. The Morgan fingerprint density at radius 3 is 2.81 bits per heavy atom. The molecule has 0 aromatic heterocycles. The topological polar surface area (TPSA) is 20.3 Å². The number of amides is 1. The van der Waals surface area contributed by atoms with Crippen molar-refractivity contribution in [2.75, 3.05) is 17.2 Å². The highest BCUT2D eigenvalue weighted by atomic mass is 79.9. The zero-order valence-corrected chi connectivity index (χ0v) is 11.0. The third kappa shape index (κ3) is 2.40. The van der Waals surface area contributed by atoms with Gasteiger partial charge < -0.3 is 4.90 Å². The zero-order valence-electron chi connectivity index (χ0n) is 8.49. The fourth-order valence-corrected chi connectivity index (χ4v) is 2.55. The van der Waals surface area contributed by atoms with Crippen molar-refractivity contribution in [1.82, 2.24) is 0 Å². The van der Waals surface area contributed by atoms with Gasteiger partial charge in [0.25, 0.3) is 0 Å². The number of thiol groups is 1. The number of halogens is 2. The molecule has 0 aliphatic carbocycles. The largest absolute Gasteiger partial charge is 0.312 e. The van der Waals surface area contributed by atoms with E-state index in [1.807, 2.05) is 0 Å². The second-order valence-corrected chi connectivity index (χ2v) is 5.17. The van der Waals surface area contributed by atoms with E-state index in [0.29, 0.717) is 28.9 Å². The van der Waals surface area contributed by atoms with Crippen LogP contribution in [0.25, 0.3) is 0 Å². The van der Waals surface area contributed by atoms with Crippen molar-refractivity contribution in [3.8, 4) is 0 Å². The molecule has 86 valence electrons. The number of rotatable bonds is 2. The predicted octanol–water partition coefficient (Wildman–Crippen LogP) is 2.87. The highest BCUT2D eigenvalue weighted by molar-refractivity contribution is 9.10. The summed E-state index contributed by atoms with van der Waals surface area (Å²) < 4.78 is 13.8. The smallest absolute Gasteiger partial charge is 0.227 e. The molecule has 0 N–H and O–H groups in total. The SMILES string of the molecule is O=C1CC(CS)CN1c1cc(F)cc(Br)c1. The second-order valence-electron chi connectivity index (χ2n) is 3.88. The van der Waals surface area contributed by atoms with Crippen molar-refractivity contribution >= 4 is 40.2 Å². The van der Waals surface area contributed by atoms with Gasteiger partial charge >= 0.3 is 0 Å². The summed E-state index contributed by atoms with van der Waals surface area (Å²) in [6.07, 6.45) is 0.498. The van der Waals surface area contributed by atoms with Crippen LogP contribution in [-0.2, 0) is 4.79 Å². The maximum atomic E-state index is 13.2. The molecule has 2 rings (SSSR count). The molecule has 1 aliphatic rings. The summed E-state index contributed by atoms with van der Waals surface area (Å²) in [4.78, 5) is 13.3. The van der Waals surface area contributed by atoms with Crippen LogP contribution in [-0.4, -0.2) is 18.2 Å². The van der Waals surface area contributed by atoms with Gasteiger partial charge in [-0.15, -0.1) is 0 Å². The van der Waals surface area contributed by atoms with Crippen molar-refractivity contribution in [2.24, 2.45) is 5.92 Å². The molecule has 1 saturated heterocycles. The summed E-state index contributed by atoms with van der Waals surface area (Å²) in [6.45, 7) is 0.623. The van der Waals surface area contributed by atoms with Crippen LogP contribution < -0.4 is 4.90 Å². The number of carbonyl (C=O) groups excluding carboxylic acids is 1. The second kappa shape index (κ2) is 4.75. The van der Waals surface area contributed by atoms with Gasteiger partial charge in [0.2, 0.25) is 5.91 Å². The van der Waals surface area contributed by atoms with E-state index in [0.717, 1.165) is 0 Å². The average Bonchev–Trinajstić information content (AvgIpc) is 2.58. The minimum absolute atomic E-state index is 0.0385. The summed E-state index contributed by atoms with van der Waals surface area (Å²) in [5.41, 5.74) is 0.612. The molecule has 1 aromatic carbocycles. The molecule has 1 fully saturated rings. The average molecular weight is 304 g/mol. The maximum Gasteiger partial charge on any atom is 0.227 e. The first-order valence-electron chi connectivity index (χ1n) is 4.97. The van der Waals surface area contributed by atoms with Gasteiger partial charge in [-0.3, -0.25) is 4.79 Å². The lowest BCUT2D eigenvalue weighted by molar-refractivity contribution is -0.117. The first kappa shape index (κ1) is 11.9. The molecule has 1 unspecified atom stereocenters. The Morgan fingerprint density at radius 2 is 2.25 bits per heavy atom. The Kier molecular flexibility index (Phi) is 3.54. The quantitative estimate of drug-likeness (QED) is 0.833. The molecule has 2 nitrogen and oxygen atoms in total. The molecule has 16 heavy (non-hydrogen) atoms. The Bertz CT molecular complexity index is 406. The molecule has 5 heteroatoms. The van der Waals surface area contributed by atoms with Gasteiger partial charge in [0, 0.05) is 23.1 Å². The fraction of sp³-hybridized carbons (Fsp3) is 0.364. The first-order chi connectivity index (χ1) is 7.60. The van der Waals surface area contributed by atoms with Gasteiger partial charge in [-0.25, -0.2) is 4.39 Å². The molecule has 0 bridgehead atoms. The molecule has 1 heterocycles. The summed E-state index contributed by atoms with van der Waals surface area (Å²) in [6, 6.07) is 4.51. The van der Waals surface area contributed by atoms with E-state index < -0.39 is 0 Å². The number of hydrogen-bond donors (Lipinski definition) is 1. The van der Waals surface area contributed by atoms with Gasteiger partial charge in [-0.2, -0.15) is 12.6 Å². The highest BCUT2D eigenvalue weighted by Gasteiger charge is 2.29. The summed E-state index contributed by atoms with van der Waals surface area (Å²) >= 11 is 7.41. The van der Waals surface area contributed by atoms with Crippen LogP contribution in [0.1, 0.15) is 6.42 Å². The number of anilines is 1. The van der Waals surface area contributed by atoms with E-state index in [1.54, 1.807) is 11.0 Å². The van der Waals surface area contributed by atoms with Gasteiger partial charge in [-0.05, 0) is 29.9 Å². The number of benzene rings is 1. The maximum absolute atomic E-state index is 13.2.